The molecule has 0 aromatic carbocycles. The van der Waals surface area contributed by atoms with Crippen molar-refractivity contribution in [2.75, 3.05) is 26.8 Å². The zero-order valence-corrected chi connectivity index (χ0v) is 15.1. The van der Waals surface area contributed by atoms with Gasteiger partial charge in [0, 0.05) is 57.9 Å². The van der Waals surface area contributed by atoms with Crippen LogP contribution in [0.5, 0.6) is 0 Å². The van der Waals surface area contributed by atoms with Gasteiger partial charge < -0.3 is 14.2 Å². The highest BCUT2D eigenvalue weighted by Crippen LogP contribution is 2.26. The maximum absolute atomic E-state index is 12.5. The van der Waals surface area contributed by atoms with Crippen LogP contribution in [0, 0.1) is 0 Å². The van der Waals surface area contributed by atoms with Gasteiger partial charge in [0.15, 0.2) is 0 Å². The zero-order chi connectivity index (χ0) is 17.6. The van der Waals surface area contributed by atoms with Crippen LogP contribution in [0.25, 0.3) is 0 Å². The summed E-state index contributed by atoms with van der Waals surface area (Å²) in [5.41, 5.74) is 0. The molecule has 1 fully saturated rings. The molecule has 136 valence electrons. The van der Waals surface area contributed by atoms with Crippen LogP contribution in [-0.2, 0) is 22.5 Å². The van der Waals surface area contributed by atoms with Crippen molar-refractivity contribution in [2.45, 2.75) is 38.1 Å². The van der Waals surface area contributed by atoms with Crippen molar-refractivity contribution in [1.82, 2.24) is 29.6 Å². The number of nitrogens with one attached hydrogen (secondary N) is 1. The van der Waals surface area contributed by atoms with E-state index < -0.39 is 0 Å². The fourth-order valence-electron chi connectivity index (χ4n) is 3.24. The van der Waals surface area contributed by atoms with Crippen LogP contribution in [0.1, 0.15) is 36.8 Å². The average Bonchev–Trinajstić information content (AvgIpc) is 3.26. The molecule has 1 atom stereocenters. The van der Waals surface area contributed by atoms with E-state index in [2.05, 4.69) is 24.7 Å². The van der Waals surface area contributed by atoms with Crippen LogP contribution in [0.4, 0.5) is 0 Å². The Bertz CT molecular complexity index is 700. The third-order valence-corrected chi connectivity index (χ3v) is 4.67. The number of ether oxygens (including phenoxy) is 1. The van der Waals surface area contributed by atoms with Gasteiger partial charge >= 0.3 is 0 Å². The second-order valence-electron chi connectivity index (χ2n) is 6.20. The summed E-state index contributed by atoms with van der Waals surface area (Å²) in [7, 11) is 1.69. The summed E-state index contributed by atoms with van der Waals surface area (Å²) in [5, 5.41) is 6.69. The molecule has 9 heteroatoms. The molecular weight excluding hydrogens is 344 g/mol. The first-order valence-electron chi connectivity index (χ1n) is 8.52. The number of carbonyl (C=O) groups is 1. The SMILES string of the molecule is COCCn1ccnc1C1CCCN(C(=O)CCc2nc(Cl)n[nH]2)C1. The number of halogens is 1. The van der Waals surface area contributed by atoms with Gasteiger partial charge in [-0.1, -0.05) is 0 Å². The summed E-state index contributed by atoms with van der Waals surface area (Å²) in [4.78, 5) is 23.0. The molecule has 0 saturated carbocycles. The Morgan fingerprint density at radius 1 is 1.52 bits per heavy atom. The van der Waals surface area contributed by atoms with Gasteiger partial charge in [0.05, 0.1) is 6.61 Å². The molecule has 1 aliphatic rings. The number of aromatic nitrogens is 5. The summed E-state index contributed by atoms with van der Waals surface area (Å²) in [5.74, 6) is 2.08. The van der Waals surface area contributed by atoms with E-state index >= 15 is 0 Å². The molecule has 2 aromatic rings. The first kappa shape index (κ1) is 17.9. The Kier molecular flexibility index (Phi) is 6.04. The van der Waals surface area contributed by atoms with Crippen molar-refractivity contribution in [3.63, 3.8) is 0 Å². The predicted molar refractivity (Wildman–Crippen MR) is 92.4 cm³/mol. The number of imidazole rings is 1. The molecule has 1 N–H and O–H groups in total. The number of piperidine rings is 1. The second kappa shape index (κ2) is 8.44. The number of hydrogen-bond donors (Lipinski definition) is 1. The van der Waals surface area contributed by atoms with Crippen LogP contribution in [-0.4, -0.2) is 62.3 Å². The van der Waals surface area contributed by atoms with E-state index in [1.165, 1.54) is 0 Å². The number of amides is 1. The van der Waals surface area contributed by atoms with Crippen LogP contribution < -0.4 is 0 Å². The molecule has 1 saturated heterocycles. The zero-order valence-electron chi connectivity index (χ0n) is 14.3. The number of H-pyrrole nitrogens is 1. The van der Waals surface area contributed by atoms with Gasteiger partial charge in [-0.3, -0.25) is 9.89 Å². The lowest BCUT2D eigenvalue weighted by molar-refractivity contribution is -0.132. The van der Waals surface area contributed by atoms with Gasteiger partial charge in [0.1, 0.15) is 11.6 Å². The Hall–Kier alpha value is -1.93. The predicted octanol–water partition coefficient (Wildman–Crippen LogP) is 1.64. The maximum Gasteiger partial charge on any atom is 0.242 e. The quantitative estimate of drug-likeness (QED) is 0.804. The van der Waals surface area contributed by atoms with Crippen molar-refractivity contribution in [3.05, 3.63) is 29.3 Å². The highest BCUT2D eigenvalue weighted by molar-refractivity contribution is 6.28. The molecule has 2 aromatic heterocycles. The van der Waals surface area contributed by atoms with Crippen molar-refractivity contribution >= 4 is 17.5 Å². The lowest BCUT2D eigenvalue weighted by Crippen LogP contribution is -2.40. The second-order valence-corrected chi connectivity index (χ2v) is 6.54. The van der Waals surface area contributed by atoms with Crippen molar-refractivity contribution in [2.24, 2.45) is 0 Å². The number of rotatable bonds is 7. The molecule has 0 bridgehead atoms. The van der Waals surface area contributed by atoms with E-state index in [0.717, 1.165) is 31.8 Å². The third kappa shape index (κ3) is 4.58. The standard InChI is InChI=1S/C16H23ClN6O2/c1-25-10-9-22-8-6-18-15(22)12-3-2-7-23(11-12)14(24)5-4-13-19-16(17)21-20-13/h6,8,12H,2-5,7,9-11H2,1H3,(H,19,20,21). The maximum atomic E-state index is 12.5. The summed E-state index contributed by atoms with van der Waals surface area (Å²) in [6, 6.07) is 0. The topological polar surface area (TPSA) is 88.9 Å². The number of aryl methyl sites for hydroxylation is 1. The average molecular weight is 367 g/mol. The minimum Gasteiger partial charge on any atom is -0.383 e. The van der Waals surface area contributed by atoms with E-state index in [4.69, 9.17) is 16.3 Å². The minimum atomic E-state index is 0.132. The summed E-state index contributed by atoms with van der Waals surface area (Å²) >= 11 is 5.68. The van der Waals surface area contributed by atoms with Crippen LogP contribution in [0.15, 0.2) is 12.4 Å². The summed E-state index contributed by atoms with van der Waals surface area (Å²) in [6.07, 6.45) is 6.74. The molecule has 25 heavy (non-hydrogen) atoms. The molecule has 3 rings (SSSR count). The number of nitrogens with zero attached hydrogens (tertiary/aromatic N) is 5. The van der Waals surface area contributed by atoms with Crippen LogP contribution in [0.2, 0.25) is 5.28 Å². The van der Waals surface area contributed by atoms with Gasteiger partial charge in [-0.2, -0.15) is 0 Å². The molecule has 1 amide bonds. The molecule has 0 radical (unpaired) electrons. The smallest absolute Gasteiger partial charge is 0.242 e. The van der Waals surface area contributed by atoms with Crippen LogP contribution in [0.3, 0.4) is 0 Å². The van der Waals surface area contributed by atoms with Gasteiger partial charge in [-0.15, -0.1) is 5.10 Å². The number of methoxy groups -OCH3 is 1. The highest BCUT2D eigenvalue weighted by atomic mass is 35.5. The largest absolute Gasteiger partial charge is 0.383 e. The number of likely N-dealkylation sites (tertiary alicyclic amines) is 1. The summed E-state index contributed by atoms with van der Waals surface area (Å²) in [6.45, 7) is 2.94. The van der Waals surface area contributed by atoms with Gasteiger partial charge in [0.25, 0.3) is 0 Å². The Labute approximate surface area is 151 Å². The van der Waals surface area contributed by atoms with E-state index in [1.807, 2.05) is 17.3 Å². The molecule has 0 aliphatic carbocycles. The third-order valence-electron chi connectivity index (χ3n) is 4.50. The van der Waals surface area contributed by atoms with Gasteiger partial charge in [-0.05, 0) is 24.4 Å². The fourth-order valence-corrected chi connectivity index (χ4v) is 3.39. The van der Waals surface area contributed by atoms with Crippen molar-refractivity contribution < 1.29 is 9.53 Å². The molecule has 0 spiro atoms. The molecule has 1 aliphatic heterocycles. The van der Waals surface area contributed by atoms with E-state index in [1.54, 1.807) is 7.11 Å². The van der Waals surface area contributed by atoms with E-state index in [-0.39, 0.29) is 17.1 Å². The number of carbonyl (C=O) groups excluding carboxylic acids is 1. The monoisotopic (exact) mass is 366 g/mol. The molecule has 8 nitrogen and oxygen atoms in total. The van der Waals surface area contributed by atoms with Gasteiger partial charge in [0.2, 0.25) is 11.2 Å². The molecular formula is C16H23ClN6O2. The fraction of sp³-hybridized carbons (Fsp3) is 0.625. The van der Waals surface area contributed by atoms with Gasteiger partial charge in [-0.25, -0.2) is 9.97 Å². The van der Waals surface area contributed by atoms with Crippen molar-refractivity contribution in [1.29, 1.82) is 0 Å². The van der Waals surface area contributed by atoms with E-state index in [0.29, 0.717) is 31.8 Å². The Morgan fingerprint density at radius 2 is 2.40 bits per heavy atom. The highest BCUT2D eigenvalue weighted by Gasteiger charge is 2.27. The van der Waals surface area contributed by atoms with Crippen LogP contribution >= 0.6 is 11.6 Å². The Morgan fingerprint density at radius 3 is 3.16 bits per heavy atom. The number of aromatic amines is 1. The molecule has 3 heterocycles. The lowest BCUT2D eigenvalue weighted by atomic mass is 9.96. The summed E-state index contributed by atoms with van der Waals surface area (Å²) < 4.78 is 7.28. The minimum absolute atomic E-state index is 0.132. The molecule has 1 unspecified atom stereocenters. The lowest BCUT2D eigenvalue weighted by Gasteiger charge is -2.32. The first-order chi connectivity index (χ1) is 12.2. The normalized spacial score (nSPS) is 17.8. The van der Waals surface area contributed by atoms with E-state index in [9.17, 15) is 4.79 Å². The van der Waals surface area contributed by atoms with Crippen molar-refractivity contribution in [3.8, 4) is 0 Å². The number of hydrogen-bond acceptors (Lipinski definition) is 5. The Balaban J connectivity index is 1.57. The first-order valence-corrected chi connectivity index (χ1v) is 8.89.